The monoisotopic (exact) mass is 501 g/mol. The van der Waals surface area contributed by atoms with E-state index in [-0.39, 0.29) is 5.91 Å². The number of pyridine rings is 1. The van der Waals surface area contributed by atoms with Crippen LogP contribution in [-0.2, 0) is 17.6 Å². The number of benzene rings is 2. The summed E-state index contributed by atoms with van der Waals surface area (Å²) in [7, 11) is 0. The number of anilines is 2. The maximum absolute atomic E-state index is 11.8. The number of nitrogens with two attached hydrogens (primary N) is 1. The normalized spacial score (nSPS) is 12.3. The summed E-state index contributed by atoms with van der Waals surface area (Å²) in [6.45, 7) is 5.46. The molecule has 0 radical (unpaired) electrons. The van der Waals surface area contributed by atoms with Gasteiger partial charge in [0.25, 0.3) is 0 Å². The van der Waals surface area contributed by atoms with E-state index in [0.29, 0.717) is 23.1 Å². The summed E-state index contributed by atoms with van der Waals surface area (Å²) >= 11 is 0. The van der Waals surface area contributed by atoms with Crippen LogP contribution in [0.2, 0.25) is 0 Å². The first-order valence-corrected chi connectivity index (χ1v) is 12.6. The summed E-state index contributed by atoms with van der Waals surface area (Å²) in [6.07, 6.45) is 6.07. The zero-order chi connectivity index (χ0) is 26.2. The van der Waals surface area contributed by atoms with E-state index in [1.807, 2.05) is 67.7 Å². The highest BCUT2D eigenvalue weighted by Gasteiger charge is 2.26. The fourth-order valence-corrected chi connectivity index (χ4v) is 5.18. The van der Waals surface area contributed by atoms with Crippen LogP contribution < -0.4 is 15.8 Å². The number of amides is 1. The molecule has 0 saturated carbocycles. The topological polar surface area (TPSA) is 94.5 Å². The van der Waals surface area contributed by atoms with E-state index in [1.54, 1.807) is 0 Å². The lowest BCUT2D eigenvalue weighted by molar-refractivity contribution is -0.111. The van der Waals surface area contributed by atoms with E-state index < -0.39 is 0 Å². The number of nitrogens with one attached hydrogen (secondary N) is 1. The molecule has 0 atom stereocenters. The molecular formula is C31H27N5O2. The Hall–Kier alpha value is -4.91. The molecule has 7 nitrogen and oxygen atoms in total. The lowest BCUT2D eigenvalue weighted by Crippen LogP contribution is -2.11. The van der Waals surface area contributed by atoms with Gasteiger partial charge < -0.3 is 20.2 Å². The SMILES string of the molecule is C=CC(=O)Nc1ccc(-c2c(-c3ccc(Oc4cccc(C)n4)cc3)c3c(N)ncc4n3c2CCC4)cc1. The largest absolute Gasteiger partial charge is 0.439 e. The molecule has 3 N–H and O–H groups in total. The molecule has 2 aromatic carbocycles. The van der Waals surface area contributed by atoms with Gasteiger partial charge in [0, 0.05) is 46.2 Å². The van der Waals surface area contributed by atoms with Gasteiger partial charge in [0.05, 0.1) is 5.52 Å². The third-order valence-electron chi connectivity index (χ3n) is 6.85. The van der Waals surface area contributed by atoms with Crippen LogP contribution in [0.4, 0.5) is 11.5 Å². The van der Waals surface area contributed by atoms with Crippen LogP contribution in [0.25, 0.3) is 27.8 Å². The van der Waals surface area contributed by atoms with Gasteiger partial charge in [-0.25, -0.2) is 9.97 Å². The molecule has 6 rings (SSSR count). The van der Waals surface area contributed by atoms with Crippen LogP contribution in [0.15, 0.2) is 85.6 Å². The lowest BCUT2D eigenvalue weighted by atomic mass is 9.93. The summed E-state index contributed by atoms with van der Waals surface area (Å²) < 4.78 is 8.27. The predicted molar refractivity (Wildman–Crippen MR) is 150 cm³/mol. The van der Waals surface area contributed by atoms with Crippen LogP contribution in [0.3, 0.4) is 0 Å². The van der Waals surface area contributed by atoms with E-state index in [9.17, 15) is 4.79 Å². The van der Waals surface area contributed by atoms with Gasteiger partial charge in [-0.05, 0) is 73.7 Å². The maximum atomic E-state index is 11.8. The molecule has 1 aliphatic heterocycles. The van der Waals surface area contributed by atoms with Crippen LogP contribution in [0.5, 0.6) is 11.6 Å². The van der Waals surface area contributed by atoms with Gasteiger partial charge in [-0.3, -0.25) is 4.79 Å². The van der Waals surface area contributed by atoms with Crippen molar-refractivity contribution in [1.29, 1.82) is 0 Å². The maximum Gasteiger partial charge on any atom is 0.247 e. The molecule has 0 fully saturated rings. The minimum absolute atomic E-state index is 0.241. The molecule has 5 aromatic rings. The van der Waals surface area contributed by atoms with E-state index in [1.165, 1.54) is 11.8 Å². The Balaban J connectivity index is 1.48. The molecule has 1 amide bonds. The Morgan fingerprint density at radius 2 is 1.76 bits per heavy atom. The molecule has 7 heteroatoms. The number of nitrogen functional groups attached to an aromatic ring is 1. The second kappa shape index (κ2) is 9.52. The third kappa shape index (κ3) is 4.18. The van der Waals surface area contributed by atoms with Crippen molar-refractivity contribution in [3.8, 4) is 33.9 Å². The summed E-state index contributed by atoms with van der Waals surface area (Å²) in [5, 5.41) is 2.82. The number of aromatic nitrogens is 3. The minimum Gasteiger partial charge on any atom is -0.439 e. The molecule has 3 aromatic heterocycles. The van der Waals surface area contributed by atoms with Crippen molar-refractivity contribution in [2.75, 3.05) is 11.1 Å². The molecule has 38 heavy (non-hydrogen) atoms. The fourth-order valence-electron chi connectivity index (χ4n) is 5.18. The van der Waals surface area contributed by atoms with Crippen LogP contribution >= 0.6 is 0 Å². The van der Waals surface area contributed by atoms with Gasteiger partial charge in [0.2, 0.25) is 11.8 Å². The van der Waals surface area contributed by atoms with E-state index in [0.717, 1.165) is 58.4 Å². The number of rotatable bonds is 6. The lowest BCUT2D eigenvalue weighted by Gasteiger charge is -2.16. The summed E-state index contributed by atoms with van der Waals surface area (Å²) in [5.41, 5.74) is 15.7. The number of carbonyl (C=O) groups excluding carboxylic acids is 1. The van der Waals surface area contributed by atoms with E-state index >= 15 is 0 Å². The van der Waals surface area contributed by atoms with Crippen LogP contribution in [0, 0.1) is 6.92 Å². The van der Waals surface area contributed by atoms with Gasteiger partial charge in [0.15, 0.2) is 0 Å². The van der Waals surface area contributed by atoms with Gasteiger partial charge in [-0.2, -0.15) is 0 Å². The van der Waals surface area contributed by atoms with Crippen molar-refractivity contribution in [2.24, 2.45) is 0 Å². The summed E-state index contributed by atoms with van der Waals surface area (Å²) in [4.78, 5) is 20.8. The average molecular weight is 502 g/mol. The average Bonchev–Trinajstić information content (AvgIpc) is 3.28. The number of carbonyl (C=O) groups is 1. The second-order valence-corrected chi connectivity index (χ2v) is 9.38. The third-order valence-corrected chi connectivity index (χ3v) is 6.85. The molecular weight excluding hydrogens is 474 g/mol. The van der Waals surface area contributed by atoms with Crippen LogP contribution in [0.1, 0.15) is 23.5 Å². The summed E-state index contributed by atoms with van der Waals surface area (Å²) in [5.74, 6) is 1.52. The smallest absolute Gasteiger partial charge is 0.247 e. The summed E-state index contributed by atoms with van der Waals surface area (Å²) in [6, 6.07) is 21.6. The zero-order valence-corrected chi connectivity index (χ0v) is 21.1. The molecule has 1 aliphatic rings. The van der Waals surface area contributed by atoms with Crippen molar-refractivity contribution >= 4 is 22.9 Å². The van der Waals surface area contributed by atoms with Crippen molar-refractivity contribution in [3.05, 3.63) is 103 Å². The van der Waals surface area contributed by atoms with Crippen molar-refractivity contribution in [2.45, 2.75) is 26.2 Å². The first-order valence-electron chi connectivity index (χ1n) is 12.6. The number of hydrogen-bond donors (Lipinski definition) is 2. The molecule has 4 heterocycles. The quantitative estimate of drug-likeness (QED) is 0.264. The highest BCUT2D eigenvalue weighted by molar-refractivity contribution is 6.02. The number of aryl methyl sites for hydroxylation is 3. The number of hydrogen-bond acceptors (Lipinski definition) is 5. The van der Waals surface area contributed by atoms with Crippen molar-refractivity contribution < 1.29 is 9.53 Å². The number of ether oxygens (including phenoxy) is 1. The molecule has 188 valence electrons. The Morgan fingerprint density at radius 1 is 1.03 bits per heavy atom. The Kier molecular flexibility index (Phi) is 5.88. The zero-order valence-electron chi connectivity index (χ0n) is 21.1. The number of nitrogens with zero attached hydrogens (tertiary/aromatic N) is 3. The van der Waals surface area contributed by atoms with E-state index in [2.05, 4.69) is 38.4 Å². The molecule has 0 saturated heterocycles. The Bertz CT molecular complexity index is 1690. The van der Waals surface area contributed by atoms with E-state index in [4.69, 9.17) is 10.5 Å². The van der Waals surface area contributed by atoms with Gasteiger partial charge in [0.1, 0.15) is 11.6 Å². The molecule has 0 bridgehead atoms. The molecule has 0 aliphatic carbocycles. The van der Waals surface area contributed by atoms with Gasteiger partial charge >= 0.3 is 0 Å². The first-order chi connectivity index (χ1) is 18.5. The Labute approximate surface area is 220 Å². The van der Waals surface area contributed by atoms with Gasteiger partial charge in [-0.15, -0.1) is 0 Å². The highest BCUT2D eigenvalue weighted by Crippen LogP contribution is 2.45. The van der Waals surface area contributed by atoms with Crippen LogP contribution in [-0.4, -0.2) is 20.3 Å². The van der Waals surface area contributed by atoms with Crippen molar-refractivity contribution in [3.63, 3.8) is 0 Å². The molecule has 0 spiro atoms. The van der Waals surface area contributed by atoms with Gasteiger partial charge in [-0.1, -0.05) is 36.9 Å². The highest BCUT2D eigenvalue weighted by atomic mass is 16.5. The minimum atomic E-state index is -0.241. The standard InChI is InChI=1S/C31H27N5O2/c1-3-26(37)35-22-14-10-20(11-15-22)28-25-8-5-7-23-18-33-31(32)30(36(23)25)29(28)21-12-16-24(17-13-21)38-27-9-4-6-19(2)34-27/h3-4,6,9-18H,1,5,7-8H2,2H3,(H2,32,33)(H,35,37). The molecule has 0 unspecified atom stereocenters. The first kappa shape index (κ1) is 23.5. The predicted octanol–water partition coefficient (Wildman–Crippen LogP) is 6.36. The van der Waals surface area contributed by atoms with Crippen molar-refractivity contribution in [1.82, 2.24) is 14.4 Å². The fraction of sp³-hybridized carbons (Fsp3) is 0.129. The Morgan fingerprint density at radius 3 is 2.50 bits per heavy atom. The second-order valence-electron chi connectivity index (χ2n) is 9.38.